The van der Waals surface area contributed by atoms with Crippen molar-refractivity contribution in [1.29, 1.82) is 0 Å². The average Bonchev–Trinajstić information content (AvgIpc) is 3.31. The Bertz CT molecular complexity index is 1230. The molecule has 184 valence electrons. The van der Waals surface area contributed by atoms with Gasteiger partial charge in [0.1, 0.15) is 0 Å². The van der Waals surface area contributed by atoms with E-state index in [-0.39, 0.29) is 17.5 Å². The number of halogens is 4. The van der Waals surface area contributed by atoms with Gasteiger partial charge in [-0.3, -0.25) is 14.7 Å². The summed E-state index contributed by atoms with van der Waals surface area (Å²) < 4.78 is 55.5. The molecule has 2 heterocycles. The summed E-state index contributed by atoms with van der Waals surface area (Å²) in [6.07, 6.45) is -1.99. The van der Waals surface area contributed by atoms with Gasteiger partial charge in [-0.2, -0.15) is 5.10 Å². The second kappa shape index (κ2) is 9.40. The number of carbonyl (C=O) groups excluding carboxylic acids is 2. The smallest absolute Gasteiger partial charge is 0.403 e. The average molecular weight is 490 g/mol. The molecule has 35 heavy (non-hydrogen) atoms. The highest BCUT2D eigenvalue weighted by Gasteiger charge is 2.44. The minimum atomic E-state index is -5.10. The van der Waals surface area contributed by atoms with Crippen LogP contribution < -0.4 is 10.1 Å². The SMILES string of the molecule is CC(C)CN1C(=O)c2ccccc2C(C(=O)Nc2ccc(F)c(OC(F)(F)F)c2)C1c1cn[nH]c1. The van der Waals surface area contributed by atoms with Crippen molar-refractivity contribution in [2.45, 2.75) is 32.2 Å². The predicted molar refractivity (Wildman–Crippen MR) is 118 cm³/mol. The van der Waals surface area contributed by atoms with Crippen LogP contribution in [0, 0.1) is 11.7 Å². The molecule has 1 aliphatic heterocycles. The Labute approximate surface area is 198 Å². The van der Waals surface area contributed by atoms with Gasteiger partial charge in [-0.15, -0.1) is 13.2 Å². The molecule has 2 atom stereocenters. The molecule has 4 rings (SSSR count). The maximum Gasteiger partial charge on any atom is 0.573 e. The quantitative estimate of drug-likeness (QED) is 0.475. The van der Waals surface area contributed by atoms with Crippen LogP contribution in [0.1, 0.15) is 47.3 Å². The maximum atomic E-state index is 13.9. The largest absolute Gasteiger partial charge is 0.573 e. The van der Waals surface area contributed by atoms with Crippen LogP contribution >= 0.6 is 0 Å². The number of anilines is 1. The monoisotopic (exact) mass is 490 g/mol. The fourth-order valence-electron chi connectivity index (χ4n) is 4.27. The number of amides is 2. The van der Waals surface area contributed by atoms with Crippen LogP contribution in [0.3, 0.4) is 0 Å². The molecule has 1 aliphatic rings. The molecule has 0 aliphatic carbocycles. The number of alkyl halides is 3. The first kappa shape index (κ1) is 24.2. The van der Waals surface area contributed by atoms with Crippen molar-refractivity contribution in [3.05, 3.63) is 77.4 Å². The number of carbonyl (C=O) groups is 2. The lowest BCUT2D eigenvalue weighted by atomic mass is 9.79. The van der Waals surface area contributed by atoms with Crippen molar-refractivity contribution in [2.75, 3.05) is 11.9 Å². The van der Waals surface area contributed by atoms with Crippen LogP contribution in [-0.4, -0.2) is 39.8 Å². The van der Waals surface area contributed by atoms with E-state index in [4.69, 9.17) is 0 Å². The van der Waals surface area contributed by atoms with Gasteiger partial charge < -0.3 is 15.0 Å². The fourth-order valence-corrected chi connectivity index (χ4v) is 4.27. The molecular weight excluding hydrogens is 468 g/mol. The second-order valence-electron chi connectivity index (χ2n) is 8.58. The first-order valence-electron chi connectivity index (χ1n) is 10.8. The zero-order valence-electron chi connectivity index (χ0n) is 18.8. The standard InChI is InChI=1S/C24H22F4N4O3/c1-13(2)12-32-21(14-10-29-30-11-14)20(16-5-3-4-6-17(16)23(32)34)22(33)31-15-7-8-18(25)19(9-15)35-24(26,27)28/h3-11,13,20-21H,12H2,1-2H3,(H,29,30)(H,31,33). The van der Waals surface area contributed by atoms with E-state index in [0.29, 0.717) is 23.2 Å². The molecule has 0 radical (unpaired) electrons. The van der Waals surface area contributed by atoms with Gasteiger partial charge in [0.15, 0.2) is 11.6 Å². The highest BCUT2D eigenvalue weighted by Crippen LogP contribution is 2.43. The van der Waals surface area contributed by atoms with Crippen molar-refractivity contribution in [3.8, 4) is 5.75 Å². The molecule has 0 fully saturated rings. The topological polar surface area (TPSA) is 87.3 Å². The van der Waals surface area contributed by atoms with Gasteiger partial charge in [-0.05, 0) is 29.7 Å². The summed E-state index contributed by atoms with van der Waals surface area (Å²) in [7, 11) is 0. The molecule has 3 aromatic rings. The Kier molecular flexibility index (Phi) is 6.51. The van der Waals surface area contributed by atoms with Gasteiger partial charge in [0, 0.05) is 35.6 Å². The molecule has 11 heteroatoms. The minimum Gasteiger partial charge on any atom is -0.403 e. The normalized spacial score (nSPS) is 17.9. The van der Waals surface area contributed by atoms with Crippen LogP contribution in [0.5, 0.6) is 5.75 Å². The van der Waals surface area contributed by atoms with Crippen molar-refractivity contribution >= 4 is 17.5 Å². The highest BCUT2D eigenvalue weighted by molar-refractivity contribution is 6.04. The van der Waals surface area contributed by atoms with E-state index in [1.54, 1.807) is 35.4 Å². The number of hydrogen-bond acceptors (Lipinski definition) is 4. The number of nitrogens with zero attached hydrogens (tertiary/aromatic N) is 2. The second-order valence-corrected chi connectivity index (χ2v) is 8.58. The zero-order chi connectivity index (χ0) is 25.3. The number of ether oxygens (including phenoxy) is 1. The Morgan fingerprint density at radius 2 is 1.97 bits per heavy atom. The third kappa shape index (κ3) is 5.13. The van der Waals surface area contributed by atoms with Crippen molar-refractivity contribution < 1.29 is 31.9 Å². The molecule has 2 N–H and O–H groups in total. The van der Waals surface area contributed by atoms with Gasteiger partial charge in [0.25, 0.3) is 5.91 Å². The minimum absolute atomic E-state index is 0.0847. The van der Waals surface area contributed by atoms with Gasteiger partial charge in [0.05, 0.1) is 18.2 Å². The first-order valence-corrected chi connectivity index (χ1v) is 10.8. The molecule has 2 aromatic carbocycles. The van der Waals surface area contributed by atoms with E-state index in [0.717, 1.165) is 18.2 Å². The van der Waals surface area contributed by atoms with E-state index >= 15 is 0 Å². The number of H-pyrrole nitrogens is 1. The number of rotatable bonds is 6. The summed E-state index contributed by atoms with van der Waals surface area (Å²) in [5.74, 6) is -3.96. The van der Waals surface area contributed by atoms with Crippen LogP contribution in [0.15, 0.2) is 54.9 Å². The summed E-state index contributed by atoms with van der Waals surface area (Å²) >= 11 is 0. The van der Waals surface area contributed by atoms with Gasteiger partial charge in [-0.25, -0.2) is 4.39 Å². The molecule has 0 spiro atoms. The summed E-state index contributed by atoms with van der Waals surface area (Å²) in [4.78, 5) is 28.6. The lowest BCUT2D eigenvalue weighted by Crippen LogP contribution is -2.47. The van der Waals surface area contributed by atoms with Crippen molar-refractivity contribution in [1.82, 2.24) is 15.1 Å². The van der Waals surface area contributed by atoms with Gasteiger partial charge >= 0.3 is 6.36 Å². The lowest BCUT2D eigenvalue weighted by Gasteiger charge is -2.42. The summed E-state index contributed by atoms with van der Waals surface area (Å²) in [5, 5.41) is 9.23. The molecule has 1 aromatic heterocycles. The number of hydrogen-bond donors (Lipinski definition) is 2. The maximum absolute atomic E-state index is 13.9. The lowest BCUT2D eigenvalue weighted by molar-refractivity contribution is -0.275. The van der Waals surface area contributed by atoms with Crippen LogP contribution in [0.2, 0.25) is 0 Å². The Morgan fingerprint density at radius 3 is 2.63 bits per heavy atom. The molecule has 7 nitrogen and oxygen atoms in total. The zero-order valence-corrected chi connectivity index (χ0v) is 18.8. The molecule has 2 amide bonds. The number of aromatic nitrogens is 2. The van der Waals surface area contributed by atoms with Gasteiger partial charge in [0.2, 0.25) is 5.91 Å². The Morgan fingerprint density at radius 1 is 1.23 bits per heavy atom. The molecule has 0 saturated heterocycles. The third-order valence-corrected chi connectivity index (χ3v) is 5.57. The van der Waals surface area contributed by atoms with E-state index in [2.05, 4.69) is 20.3 Å². The summed E-state index contributed by atoms with van der Waals surface area (Å²) in [5.41, 5.74) is 1.32. The van der Waals surface area contributed by atoms with E-state index in [9.17, 15) is 27.2 Å². The van der Waals surface area contributed by atoms with Crippen molar-refractivity contribution in [3.63, 3.8) is 0 Å². The van der Waals surface area contributed by atoms with Crippen molar-refractivity contribution in [2.24, 2.45) is 5.92 Å². The number of nitrogens with one attached hydrogen (secondary N) is 2. The Hall–Kier alpha value is -3.89. The molecule has 0 bridgehead atoms. The van der Waals surface area contributed by atoms with Crippen LogP contribution in [0.25, 0.3) is 0 Å². The fraction of sp³-hybridized carbons (Fsp3) is 0.292. The Balaban J connectivity index is 1.76. The van der Waals surface area contributed by atoms with E-state index < -0.39 is 35.8 Å². The molecule has 0 saturated carbocycles. The number of benzene rings is 2. The summed E-state index contributed by atoms with van der Waals surface area (Å²) in [6, 6.07) is 8.62. The molecule has 2 unspecified atom stereocenters. The van der Waals surface area contributed by atoms with Crippen LogP contribution in [-0.2, 0) is 4.79 Å². The molecular formula is C24H22F4N4O3. The van der Waals surface area contributed by atoms with E-state index in [1.807, 2.05) is 13.8 Å². The highest BCUT2D eigenvalue weighted by atomic mass is 19.4. The van der Waals surface area contributed by atoms with Gasteiger partial charge in [-0.1, -0.05) is 32.0 Å². The number of fused-ring (bicyclic) bond motifs is 1. The predicted octanol–water partition coefficient (Wildman–Crippen LogP) is 5.02. The summed E-state index contributed by atoms with van der Waals surface area (Å²) in [6.45, 7) is 4.24. The number of aromatic amines is 1. The third-order valence-electron chi connectivity index (χ3n) is 5.57. The first-order chi connectivity index (χ1) is 16.5. The van der Waals surface area contributed by atoms with E-state index in [1.165, 1.54) is 6.20 Å². The van der Waals surface area contributed by atoms with Crippen LogP contribution in [0.4, 0.5) is 23.2 Å².